The molecule has 0 saturated heterocycles. The van der Waals surface area contributed by atoms with Crippen LogP contribution in [0.5, 0.6) is 0 Å². The van der Waals surface area contributed by atoms with Gasteiger partial charge in [-0.1, -0.05) is 42.1 Å². The zero-order valence-corrected chi connectivity index (χ0v) is 14.9. The molecule has 0 aliphatic rings. The van der Waals surface area contributed by atoms with Crippen LogP contribution in [0.15, 0.2) is 71.9 Å². The number of hydrogen-bond donors (Lipinski definition) is 1. The van der Waals surface area contributed by atoms with Crippen molar-refractivity contribution < 1.29 is 9.18 Å². The highest BCUT2D eigenvalue weighted by Gasteiger charge is 2.12. The topological polar surface area (TPSA) is 72.7 Å². The number of rotatable bonds is 5. The van der Waals surface area contributed by atoms with Crippen LogP contribution in [-0.4, -0.2) is 31.9 Å². The average Bonchev–Trinajstić information content (AvgIpc) is 3.16. The Labute approximate surface area is 158 Å². The summed E-state index contributed by atoms with van der Waals surface area (Å²) in [5.41, 5.74) is 1.36. The van der Waals surface area contributed by atoms with Crippen molar-refractivity contribution in [3.05, 3.63) is 72.5 Å². The van der Waals surface area contributed by atoms with E-state index in [0.717, 1.165) is 16.5 Å². The molecule has 4 rings (SSSR count). The molecular weight excluding hydrogens is 365 g/mol. The largest absolute Gasteiger partial charge is 0.325 e. The first-order chi connectivity index (χ1) is 13.2. The molecule has 8 heteroatoms. The lowest BCUT2D eigenvalue weighted by atomic mass is 10.1. The first kappa shape index (κ1) is 17.2. The van der Waals surface area contributed by atoms with E-state index >= 15 is 0 Å². The van der Waals surface area contributed by atoms with Gasteiger partial charge >= 0.3 is 0 Å². The Morgan fingerprint density at radius 2 is 1.81 bits per heavy atom. The summed E-state index contributed by atoms with van der Waals surface area (Å²) in [4.78, 5) is 12.1. The van der Waals surface area contributed by atoms with Crippen LogP contribution in [0.4, 0.5) is 10.1 Å². The summed E-state index contributed by atoms with van der Waals surface area (Å²) in [5.74, 6) is -0.442. The number of thioether (sulfide) groups is 1. The normalized spacial score (nSPS) is 10.9. The fraction of sp³-hybridized carbons (Fsp3) is 0.0526. The van der Waals surface area contributed by atoms with Crippen molar-refractivity contribution >= 4 is 34.1 Å². The van der Waals surface area contributed by atoms with Crippen molar-refractivity contribution in [3.63, 3.8) is 0 Å². The maximum atomic E-state index is 12.9. The van der Waals surface area contributed by atoms with E-state index in [2.05, 4.69) is 20.8 Å². The fourth-order valence-corrected chi connectivity index (χ4v) is 3.29. The van der Waals surface area contributed by atoms with Gasteiger partial charge in [0.1, 0.15) is 5.82 Å². The molecule has 4 aromatic rings. The van der Waals surface area contributed by atoms with Crippen LogP contribution in [0.2, 0.25) is 0 Å². The molecule has 6 nitrogen and oxygen atoms in total. The fourth-order valence-electron chi connectivity index (χ4n) is 2.60. The molecule has 1 heterocycles. The second-order valence-corrected chi connectivity index (χ2v) is 6.69. The quantitative estimate of drug-likeness (QED) is 0.536. The van der Waals surface area contributed by atoms with Crippen molar-refractivity contribution in [1.82, 2.24) is 20.2 Å². The number of carbonyl (C=O) groups is 1. The van der Waals surface area contributed by atoms with Gasteiger partial charge in [0, 0.05) is 5.69 Å². The zero-order valence-electron chi connectivity index (χ0n) is 14.0. The van der Waals surface area contributed by atoms with Crippen LogP contribution < -0.4 is 5.32 Å². The smallest absolute Gasteiger partial charge is 0.234 e. The minimum Gasteiger partial charge on any atom is -0.325 e. The molecule has 0 radical (unpaired) electrons. The zero-order chi connectivity index (χ0) is 18.6. The summed E-state index contributed by atoms with van der Waals surface area (Å²) in [7, 11) is 0. The van der Waals surface area contributed by atoms with Crippen LogP contribution in [0.3, 0.4) is 0 Å². The van der Waals surface area contributed by atoms with E-state index in [9.17, 15) is 9.18 Å². The summed E-state index contributed by atoms with van der Waals surface area (Å²) in [6.45, 7) is 0. The van der Waals surface area contributed by atoms with Crippen molar-refractivity contribution in [1.29, 1.82) is 0 Å². The molecule has 134 valence electrons. The Morgan fingerprint density at radius 1 is 1.04 bits per heavy atom. The summed E-state index contributed by atoms with van der Waals surface area (Å²) in [5, 5.41) is 17.2. The lowest BCUT2D eigenvalue weighted by molar-refractivity contribution is -0.113. The lowest BCUT2D eigenvalue weighted by Gasteiger charge is -2.07. The van der Waals surface area contributed by atoms with E-state index < -0.39 is 0 Å². The minimum absolute atomic E-state index is 0.130. The van der Waals surface area contributed by atoms with E-state index in [0.29, 0.717) is 10.8 Å². The molecule has 27 heavy (non-hydrogen) atoms. The van der Waals surface area contributed by atoms with Crippen molar-refractivity contribution in [3.8, 4) is 5.69 Å². The van der Waals surface area contributed by atoms with Crippen molar-refractivity contribution in [2.24, 2.45) is 0 Å². The van der Waals surface area contributed by atoms with Gasteiger partial charge in [-0.3, -0.25) is 4.79 Å². The molecule has 0 saturated carbocycles. The lowest BCUT2D eigenvalue weighted by Crippen LogP contribution is -2.14. The first-order valence-corrected chi connectivity index (χ1v) is 9.13. The Morgan fingerprint density at radius 3 is 2.63 bits per heavy atom. The summed E-state index contributed by atoms with van der Waals surface area (Å²) >= 11 is 1.23. The Balaban J connectivity index is 1.46. The van der Waals surface area contributed by atoms with Gasteiger partial charge in [0.05, 0.1) is 11.4 Å². The van der Waals surface area contributed by atoms with E-state index in [1.54, 1.807) is 4.68 Å². The predicted molar refractivity (Wildman–Crippen MR) is 102 cm³/mol. The van der Waals surface area contributed by atoms with Gasteiger partial charge in [-0.15, -0.1) is 5.10 Å². The van der Waals surface area contributed by atoms with Gasteiger partial charge in [-0.25, -0.2) is 4.39 Å². The molecule has 1 amide bonds. The number of tetrazole rings is 1. The van der Waals surface area contributed by atoms with Crippen molar-refractivity contribution in [2.45, 2.75) is 5.16 Å². The van der Waals surface area contributed by atoms with Crippen molar-refractivity contribution in [2.75, 3.05) is 11.1 Å². The van der Waals surface area contributed by atoms with E-state index in [4.69, 9.17) is 0 Å². The van der Waals surface area contributed by atoms with Crippen LogP contribution in [0.1, 0.15) is 0 Å². The van der Waals surface area contributed by atoms with Crippen LogP contribution in [0.25, 0.3) is 16.5 Å². The Kier molecular flexibility index (Phi) is 4.80. The molecule has 0 aliphatic heterocycles. The SMILES string of the molecule is O=C(CSc1nnnn1-c1ccc2ccccc2c1)Nc1ccc(F)cc1. The number of nitrogens with zero attached hydrogens (tertiary/aromatic N) is 4. The maximum absolute atomic E-state index is 12.9. The Bertz CT molecular complexity index is 1100. The monoisotopic (exact) mass is 379 g/mol. The highest BCUT2D eigenvalue weighted by Crippen LogP contribution is 2.22. The number of fused-ring (bicyclic) bond motifs is 1. The van der Waals surface area contributed by atoms with Gasteiger partial charge in [-0.05, 0) is 57.6 Å². The van der Waals surface area contributed by atoms with Gasteiger partial charge in [-0.2, -0.15) is 4.68 Å². The highest BCUT2D eigenvalue weighted by atomic mass is 32.2. The second kappa shape index (κ2) is 7.55. The number of carbonyl (C=O) groups excluding carboxylic acids is 1. The number of amides is 1. The molecular formula is C19H14FN5OS. The third-order valence-corrected chi connectivity index (χ3v) is 4.80. The third-order valence-electron chi connectivity index (χ3n) is 3.88. The number of benzene rings is 3. The molecule has 1 N–H and O–H groups in total. The van der Waals surface area contributed by atoms with Crippen LogP contribution in [0, 0.1) is 5.82 Å². The van der Waals surface area contributed by atoms with Crippen LogP contribution >= 0.6 is 11.8 Å². The van der Waals surface area contributed by atoms with Gasteiger partial charge in [0.2, 0.25) is 11.1 Å². The molecule has 0 bridgehead atoms. The minimum atomic E-state index is -0.350. The molecule has 3 aromatic carbocycles. The average molecular weight is 379 g/mol. The number of aromatic nitrogens is 4. The molecule has 0 atom stereocenters. The number of nitrogens with one attached hydrogen (secondary N) is 1. The summed E-state index contributed by atoms with van der Waals surface area (Å²) < 4.78 is 14.5. The molecule has 0 spiro atoms. The Hall–Kier alpha value is -3.26. The molecule has 1 aromatic heterocycles. The summed E-state index contributed by atoms with van der Waals surface area (Å²) in [6.07, 6.45) is 0. The number of hydrogen-bond acceptors (Lipinski definition) is 5. The first-order valence-electron chi connectivity index (χ1n) is 8.15. The number of halogens is 1. The summed E-state index contributed by atoms with van der Waals surface area (Å²) in [6, 6.07) is 19.6. The van der Waals surface area contributed by atoms with E-state index in [-0.39, 0.29) is 17.5 Å². The maximum Gasteiger partial charge on any atom is 0.234 e. The second-order valence-electron chi connectivity index (χ2n) is 5.75. The van der Waals surface area contributed by atoms with Gasteiger partial charge < -0.3 is 5.32 Å². The third kappa shape index (κ3) is 3.95. The van der Waals surface area contributed by atoms with Gasteiger partial charge in [0.15, 0.2) is 0 Å². The molecule has 0 fully saturated rings. The highest BCUT2D eigenvalue weighted by molar-refractivity contribution is 7.99. The van der Waals surface area contributed by atoms with E-state index in [1.807, 2.05) is 42.5 Å². The van der Waals surface area contributed by atoms with E-state index in [1.165, 1.54) is 36.0 Å². The van der Waals surface area contributed by atoms with Crippen LogP contribution in [-0.2, 0) is 4.79 Å². The molecule has 0 unspecified atom stereocenters. The number of anilines is 1. The standard InChI is InChI=1S/C19H14FN5OS/c20-15-6-8-16(9-7-15)21-18(26)12-27-19-22-23-24-25(19)17-10-5-13-3-1-2-4-14(13)11-17/h1-11H,12H2,(H,21,26). The van der Waals surface area contributed by atoms with Gasteiger partial charge in [0.25, 0.3) is 0 Å². The predicted octanol–water partition coefficient (Wildman–Crippen LogP) is 3.69. The molecule has 0 aliphatic carbocycles.